The zero-order valence-corrected chi connectivity index (χ0v) is 14.3. The largest absolute Gasteiger partial charge is 0.361 e. The molecule has 24 heavy (non-hydrogen) atoms. The van der Waals surface area contributed by atoms with Crippen LogP contribution >= 0.6 is 0 Å². The molecule has 0 amide bonds. The fourth-order valence-corrected chi connectivity index (χ4v) is 3.35. The summed E-state index contributed by atoms with van der Waals surface area (Å²) in [6, 6.07) is 4.24. The van der Waals surface area contributed by atoms with Crippen LogP contribution in [0.1, 0.15) is 22.9 Å². The topological polar surface area (TPSA) is 69.9 Å². The molecule has 122 valence electrons. The molecular formula is C18H18N4O2. The number of rotatable bonds is 2. The molecule has 0 radical (unpaired) electrons. The molecule has 4 rings (SSSR count). The summed E-state index contributed by atoms with van der Waals surface area (Å²) in [4.78, 5) is 0. The van der Waals surface area contributed by atoms with Gasteiger partial charge in [-0.25, -0.2) is 0 Å². The minimum absolute atomic E-state index is 0.787. The van der Waals surface area contributed by atoms with E-state index in [1.807, 2.05) is 45.6 Å². The van der Waals surface area contributed by atoms with Crippen molar-refractivity contribution in [2.45, 2.75) is 27.7 Å². The first-order valence-corrected chi connectivity index (χ1v) is 7.79. The van der Waals surface area contributed by atoms with Gasteiger partial charge < -0.3 is 9.05 Å². The monoisotopic (exact) mass is 322 g/mol. The van der Waals surface area contributed by atoms with Gasteiger partial charge in [-0.2, -0.15) is 5.10 Å². The van der Waals surface area contributed by atoms with Crippen LogP contribution in [0.5, 0.6) is 0 Å². The van der Waals surface area contributed by atoms with Gasteiger partial charge in [-0.15, -0.1) is 0 Å². The number of benzene rings is 1. The predicted octanol–water partition coefficient (Wildman–Crippen LogP) is 4.12. The van der Waals surface area contributed by atoms with E-state index < -0.39 is 0 Å². The van der Waals surface area contributed by atoms with Crippen molar-refractivity contribution < 1.29 is 9.05 Å². The molecule has 0 spiro atoms. The SMILES string of the molecule is Cc1noc(C)c1-c1cc(-c2c(C)noc2C)c2nn(C)cc2c1. The molecule has 0 aliphatic carbocycles. The van der Waals surface area contributed by atoms with Gasteiger partial charge in [0.25, 0.3) is 0 Å². The highest BCUT2D eigenvalue weighted by atomic mass is 16.5. The summed E-state index contributed by atoms with van der Waals surface area (Å²) in [6.07, 6.45) is 2.01. The molecule has 3 heterocycles. The minimum atomic E-state index is 0.787. The van der Waals surface area contributed by atoms with Crippen LogP contribution in [-0.4, -0.2) is 20.1 Å². The molecule has 0 aliphatic rings. The smallest absolute Gasteiger partial charge is 0.141 e. The fraction of sp³-hybridized carbons (Fsp3) is 0.278. The van der Waals surface area contributed by atoms with E-state index >= 15 is 0 Å². The first-order chi connectivity index (χ1) is 11.5. The van der Waals surface area contributed by atoms with Crippen molar-refractivity contribution in [2.75, 3.05) is 0 Å². The molecule has 0 bridgehead atoms. The third-order valence-electron chi connectivity index (χ3n) is 4.35. The summed E-state index contributed by atoms with van der Waals surface area (Å²) in [7, 11) is 1.92. The lowest BCUT2D eigenvalue weighted by molar-refractivity contribution is 0.393. The van der Waals surface area contributed by atoms with Crippen LogP contribution in [-0.2, 0) is 7.05 Å². The second kappa shape index (κ2) is 5.06. The molecule has 0 saturated carbocycles. The van der Waals surface area contributed by atoms with Crippen molar-refractivity contribution in [3.8, 4) is 22.3 Å². The Morgan fingerprint density at radius 3 is 2.08 bits per heavy atom. The van der Waals surface area contributed by atoms with Gasteiger partial charge in [0.15, 0.2) is 0 Å². The molecule has 0 fully saturated rings. The van der Waals surface area contributed by atoms with Gasteiger partial charge in [0, 0.05) is 35.3 Å². The first-order valence-electron chi connectivity index (χ1n) is 7.79. The van der Waals surface area contributed by atoms with E-state index in [9.17, 15) is 0 Å². The lowest BCUT2D eigenvalue weighted by atomic mass is 9.95. The Kier molecular flexibility index (Phi) is 3.09. The molecule has 0 saturated heterocycles. The van der Waals surface area contributed by atoms with Crippen LogP contribution in [0.4, 0.5) is 0 Å². The van der Waals surface area contributed by atoms with E-state index in [2.05, 4.69) is 27.5 Å². The van der Waals surface area contributed by atoms with Crippen LogP contribution in [0.15, 0.2) is 27.4 Å². The Bertz CT molecular complexity index is 1030. The van der Waals surface area contributed by atoms with Gasteiger partial charge in [-0.05, 0) is 45.4 Å². The molecule has 1 aromatic carbocycles. The zero-order valence-electron chi connectivity index (χ0n) is 14.3. The highest BCUT2D eigenvalue weighted by Gasteiger charge is 2.20. The van der Waals surface area contributed by atoms with Crippen LogP contribution in [0.25, 0.3) is 33.2 Å². The quantitative estimate of drug-likeness (QED) is 0.555. The third kappa shape index (κ3) is 2.06. The highest BCUT2D eigenvalue weighted by molar-refractivity contribution is 5.98. The van der Waals surface area contributed by atoms with Crippen molar-refractivity contribution in [1.82, 2.24) is 20.1 Å². The Hall–Kier alpha value is -2.89. The number of aryl methyl sites for hydroxylation is 5. The van der Waals surface area contributed by atoms with Gasteiger partial charge in [-0.3, -0.25) is 4.68 Å². The molecule has 4 aromatic rings. The summed E-state index contributed by atoms with van der Waals surface area (Å²) < 4.78 is 12.5. The molecule has 3 aromatic heterocycles. The number of aromatic nitrogens is 4. The van der Waals surface area contributed by atoms with E-state index in [4.69, 9.17) is 9.05 Å². The Labute approximate surface area is 139 Å². The number of nitrogens with zero attached hydrogens (tertiary/aromatic N) is 4. The normalized spacial score (nSPS) is 11.5. The average molecular weight is 322 g/mol. The maximum atomic E-state index is 5.37. The summed E-state index contributed by atoms with van der Waals surface area (Å²) in [5.74, 6) is 1.59. The summed E-state index contributed by atoms with van der Waals surface area (Å²) in [5.41, 5.74) is 6.75. The molecule has 0 atom stereocenters. The fourth-order valence-electron chi connectivity index (χ4n) is 3.35. The van der Waals surface area contributed by atoms with Gasteiger partial charge >= 0.3 is 0 Å². The van der Waals surface area contributed by atoms with Gasteiger partial charge in [0.2, 0.25) is 0 Å². The number of fused-ring (bicyclic) bond motifs is 1. The number of hydrogen-bond acceptors (Lipinski definition) is 5. The molecule has 0 aliphatic heterocycles. The van der Waals surface area contributed by atoms with Gasteiger partial charge in [0.05, 0.1) is 11.4 Å². The van der Waals surface area contributed by atoms with E-state index in [-0.39, 0.29) is 0 Å². The maximum Gasteiger partial charge on any atom is 0.141 e. The van der Waals surface area contributed by atoms with Crippen molar-refractivity contribution in [3.63, 3.8) is 0 Å². The van der Waals surface area contributed by atoms with Crippen LogP contribution in [0.3, 0.4) is 0 Å². The Balaban J connectivity index is 2.09. The standard InChI is InChI=1S/C18H18N4O2/c1-9-16(11(3)23-20-9)13-6-14-8-22(5)19-18(14)15(7-13)17-10(2)21-24-12(17)4/h6-8H,1-5H3. The van der Waals surface area contributed by atoms with Crippen molar-refractivity contribution in [3.05, 3.63) is 41.2 Å². The first kappa shape index (κ1) is 14.7. The average Bonchev–Trinajstić information content (AvgIpc) is 3.16. The van der Waals surface area contributed by atoms with Crippen LogP contribution in [0.2, 0.25) is 0 Å². The second-order valence-electron chi connectivity index (χ2n) is 6.16. The van der Waals surface area contributed by atoms with Crippen LogP contribution in [0, 0.1) is 27.7 Å². The van der Waals surface area contributed by atoms with Gasteiger partial charge in [-0.1, -0.05) is 10.3 Å². The van der Waals surface area contributed by atoms with Crippen molar-refractivity contribution in [2.24, 2.45) is 7.05 Å². The van der Waals surface area contributed by atoms with E-state index in [0.717, 1.165) is 56.1 Å². The maximum absolute atomic E-state index is 5.37. The van der Waals surface area contributed by atoms with E-state index in [0.29, 0.717) is 0 Å². The Morgan fingerprint density at radius 1 is 0.875 bits per heavy atom. The summed E-state index contributed by atoms with van der Waals surface area (Å²) >= 11 is 0. The molecule has 6 heteroatoms. The predicted molar refractivity (Wildman–Crippen MR) is 90.7 cm³/mol. The third-order valence-corrected chi connectivity index (χ3v) is 4.35. The van der Waals surface area contributed by atoms with E-state index in [1.165, 1.54) is 0 Å². The molecule has 0 unspecified atom stereocenters. The minimum Gasteiger partial charge on any atom is -0.361 e. The van der Waals surface area contributed by atoms with Crippen LogP contribution < -0.4 is 0 Å². The Morgan fingerprint density at radius 2 is 1.50 bits per heavy atom. The highest BCUT2D eigenvalue weighted by Crippen LogP contribution is 2.38. The number of hydrogen-bond donors (Lipinski definition) is 0. The van der Waals surface area contributed by atoms with Gasteiger partial charge in [0.1, 0.15) is 17.0 Å². The molecule has 0 N–H and O–H groups in total. The second-order valence-corrected chi connectivity index (χ2v) is 6.16. The van der Waals surface area contributed by atoms with E-state index in [1.54, 1.807) is 0 Å². The summed E-state index contributed by atoms with van der Waals surface area (Å²) in [6.45, 7) is 7.75. The lowest BCUT2D eigenvalue weighted by Gasteiger charge is -2.07. The summed E-state index contributed by atoms with van der Waals surface area (Å²) in [5, 5.41) is 13.9. The zero-order chi connectivity index (χ0) is 17.0. The molecule has 6 nitrogen and oxygen atoms in total. The van der Waals surface area contributed by atoms with Crippen molar-refractivity contribution in [1.29, 1.82) is 0 Å². The lowest BCUT2D eigenvalue weighted by Crippen LogP contribution is -1.90. The van der Waals surface area contributed by atoms with Crippen molar-refractivity contribution >= 4 is 10.9 Å². The molecular weight excluding hydrogens is 304 g/mol.